The molecule has 2 amide bonds. The van der Waals surface area contributed by atoms with Gasteiger partial charge in [0.2, 0.25) is 11.8 Å². The zero-order chi connectivity index (χ0) is 21.5. The second-order valence-corrected chi connectivity index (χ2v) is 8.44. The lowest BCUT2D eigenvalue weighted by Crippen LogP contribution is -2.56. The third-order valence-electron chi connectivity index (χ3n) is 6.34. The number of benzene rings is 1. The lowest BCUT2D eigenvalue weighted by Gasteiger charge is -2.41. The molecule has 2 aliphatic heterocycles. The van der Waals surface area contributed by atoms with Gasteiger partial charge in [0.1, 0.15) is 5.82 Å². The van der Waals surface area contributed by atoms with Crippen molar-refractivity contribution in [2.24, 2.45) is 5.92 Å². The van der Waals surface area contributed by atoms with Crippen molar-refractivity contribution in [1.82, 2.24) is 15.1 Å². The maximum Gasteiger partial charge on any atom is 0.239 e. The first kappa shape index (κ1) is 22.5. The smallest absolute Gasteiger partial charge is 0.239 e. The summed E-state index contributed by atoms with van der Waals surface area (Å²) in [5.41, 5.74) is 1.02. The van der Waals surface area contributed by atoms with Gasteiger partial charge in [-0.05, 0) is 50.5 Å². The van der Waals surface area contributed by atoms with Crippen molar-refractivity contribution in [2.45, 2.75) is 45.6 Å². The van der Waals surface area contributed by atoms with Crippen LogP contribution < -0.4 is 10.2 Å². The van der Waals surface area contributed by atoms with E-state index in [1.54, 1.807) is 12.1 Å². The van der Waals surface area contributed by atoms with Crippen LogP contribution in [-0.2, 0) is 9.59 Å². The molecule has 30 heavy (non-hydrogen) atoms. The highest BCUT2D eigenvalue weighted by atomic mass is 19.1. The summed E-state index contributed by atoms with van der Waals surface area (Å²) in [6.45, 7) is 9.26. The van der Waals surface area contributed by atoms with Crippen molar-refractivity contribution in [3.63, 3.8) is 0 Å². The van der Waals surface area contributed by atoms with Crippen molar-refractivity contribution in [1.29, 1.82) is 0 Å². The van der Waals surface area contributed by atoms with Crippen LogP contribution in [0, 0.1) is 11.7 Å². The minimum Gasteiger partial charge on any atom is -0.369 e. The highest BCUT2D eigenvalue weighted by Crippen LogP contribution is 2.21. The van der Waals surface area contributed by atoms with E-state index in [9.17, 15) is 14.0 Å². The average molecular weight is 419 g/mol. The molecular weight excluding hydrogens is 383 g/mol. The maximum absolute atomic E-state index is 13.1. The largest absolute Gasteiger partial charge is 0.369 e. The minimum atomic E-state index is -0.226. The summed E-state index contributed by atoms with van der Waals surface area (Å²) in [6.07, 6.45) is 3.78. The van der Waals surface area contributed by atoms with Gasteiger partial charge >= 0.3 is 0 Å². The molecule has 2 saturated heterocycles. The van der Waals surface area contributed by atoms with Crippen LogP contribution in [0.2, 0.25) is 0 Å². The summed E-state index contributed by atoms with van der Waals surface area (Å²) >= 11 is 0. The van der Waals surface area contributed by atoms with Gasteiger partial charge in [-0.25, -0.2) is 4.39 Å². The molecule has 0 spiro atoms. The Hall–Kier alpha value is -2.15. The molecule has 3 rings (SSSR count). The number of hydrogen-bond acceptors (Lipinski definition) is 4. The van der Waals surface area contributed by atoms with E-state index in [1.165, 1.54) is 12.1 Å². The Morgan fingerprint density at radius 2 is 1.83 bits per heavy atom. The maximum atomic E-state index is 13.1. The van der Waals surface area contributed by atoms with Gasteiger partial charge in [0.25, 0.3) is 0 Å². The minimum absolute atomic E-state index is 0.0847. The number of piperazine rings is 1. The topological polar surface area (TPSA) is 55.9 Å². The van der Waals surface area contributed by atoms with Gasteiger partial charge in [0.15, 0.2) is 0 Å². The quantitative estimate of drug-likeness (QED) is 0.692. The fourth-order valence-electron chi connectivity index (χ4n) is 4.36. The van der Waals surface area contributed by atoms with E-state index in [2.05, 4.69) is 22.0 Å². The molecule has 1 aromatic rings. The predicted molar refractivity (Wildman–Crippen MR) is 117 cm³/mol. The molecule has 1 N–H and O–H groups in total. The highest BCUT2D eigenvalue weighted by molar-refractivity contribution is 5.84. The van der Waals surface area contributed by atoms with Crippen LogP contribution >= 0.6 is 0 Å². The number of piperidine rings is 1. The lowest BCUT2D eigenvalue weighted by molar-refractivity contribution is -0.140. The molecule has 2 unspecified atom stereocenters. The van der Waals surface area contributed by atoms with E-state index >= 15 is 0 Å². The molecule has 6 nitrogen and oxygen atoms in total. The van der Waals surface area contributed by atoms with Crippen molar-refractivity contribution in [3.05, 3.63) is 30.1 Å². The monoisotopic (exact) mass is 418 g/mol. The van der Waals surface area contributed by atoms with Gasteiger partial charge in [-0.1, -0.05) is 13.3 Å². The molecular formula is C23H35FN4O2. The number of nitrogens with one attached hydrogen (secondary N) is 1. The molecule has 0 bridgehead atoms. The van der Waals surface area contributed by atoms with Crippen molar-refractivity contribution < 1.29 is 14.0 Å². The van der Waals surface area contributed by atoms with Crippen molar-refractivity contribution >= 4 is 17.5 Å². The second-order valence-electron chi connectivity index (χ2n) is 8.44. The molecule has 2 atom stereocenters. The lowest BCUT2D eigenvalue weighted by atomic mass is 9.96. The van der Waals surface area contributed by atoms with Gasteiger partial charge in [-0.3, -0.25) is 14.5 Å². The number of anilines is 1. The Morgan fingerprint density at radius 3 is 2.50 bits per heavy atom. The third kappa shape index (κ3) is 5.72. The third-order valence-corrected chi connectivity index (χ3v) is 6.34. The number of carbonyl (C=O) groups is 2. The Balaban J connectivity index is 1.49. The van der Waals surface area contributed by atoms with E-state index < -0.39 is 0 Å². The standard InChI is InChI=1S/C23H35FN4O2/c1-3-4-11-25-22(29)19-6-5-12-28(17-19)23(30)18(2)26-13-15-27(16-14-26)21-9-7-20(24)8-10-21/h7-10,18-19H,3-6,11-17H2,1-2H3,(H,25,29). The van der Waals surface area contributed by atoms with Gasteiger partial charge < -0.3 is 15.1 Å². The van der Waals surface area contributed by atoms with Crippen LogP contribution in [0.4, 0.5) is 10.1 Å². The van der Waals surface area contributed by atoms with Crippen LogP contribution in [-0.4, -0.2) is 73.5 Å². The number of carbonyl (C=O) groups excluding carboxylic acids is 2. The predicted octanol–water partition coefficient (Wildman–Crippen LogP) is 2.49. The molecule has 1 aromatic carbocycles. The van der Waals surface area contributed by atoms with Crippen LogP contribution in [0.25, 0.3) is 0 Å². The average Bonchev–Trinajstić information content (AvgIpc) is 2.79. The van der Waals surface area contributed by atoms with Gasteiger partial charge in [-0.15, -0.1) is 0 Å². The van der Waals surface area contributed by atoms with E-state index in [0.717, 1.165) is 64.1 Å². The van der Waals surface area contributed by atoms with E-state index in [-0.39, 0.29) is 29.6 Å². The zero-order valence-corrected chi connectivity index (χ0v) is 18.3. The summed E-state index contributed by atoms with van der Waals surface area (Å²) in [7, 11) is 0. The second kappa shape index (κ2) is 10.8. The number of likely N-dealkylation sites (tertiary alicyclic amines) is 1. The van der Waals surface area contributed by atoms with Gasteiger partial charge in [-0.2, -0.15) is 0 Å². The number of halogens is 1. The van der Waals surface area contributed by atoms with Gasteiger partial charge in [0, 0.05) is 51.5 Å². The van der Waals surface area contributed by atoms with E-state index in [0.29, 0.717) is 13.1 Å². The first-order valence-electron chi connectivity index (χ1n) is 11.3. The Bertz CT molecular complexity index is 704. The number of hydrogen-bond donors (Lipinski definition) is 1. The molecule has 166 valence electrons. The highest BCUT2D eigenvalue weighted by Gasteiger charge is 2.33. The van der Waals surface area contributed by atoms with Crippen molar-refractivity contribution in [2.75, 3.05) is 50.7 Å². The molecule has 0 aliphatic carbocycles. The molecule has 2 heterocycles. The number of nitrogens with zero attached hydrogens (tertiary/aromatic N) is 3. The SMILES string of the molecule is CCCCNC(=O)C1CCCN(C(=O)C(C)N2CCN(c3ccc(F)cc3)CC2)C1. The van der Waals surface area contributed by atoms with Gasteiger partial charge in [0.05, 0.1) is 12.0 Å². The first-order chi connectivity index (χ1) is 14.5. The number of amides is 2. The summed E-state index contributed by atoms with van der Waals surface area (Å²) in [6, 6.07) is 6.39. The normalized spacial score (nSPS) is 21.4. The van der Waals surface area contributed by atoms with Crippen molar-refractivity contribution in [3.8, 4) is 0 Å². The van der Waals surface area contributed by atoms with Crippen LogP contribution in [0.15, 0.2) is 24.3 Å². The molecule has 7 heteroatoms. The molecule has 0 aromatic heterocycles. The first-order valence-corrected chi connectivity index (χ1v) is 11.3. The number of rotatable bonds is 7. The molecule has 2 fully saturated rings. The van der Waals surface area contributed by atoms with Crippen LogP contribution in [0.1, 0.15) is 39.5 Å². The van der Waals surface area contributed by atoms with Crippen LogP contribution in [0.5, 0.6) is 0 Å². The fraction of sp³-hybridized carbons (Fsp3) is 0.652. The van der Waals surface area contributed by atoms with Crippen LogP contribution in [0.3, 0.4) is 0 Å². The summed E-state index contributed by atoms with van der Waals surface area (Å²) in [5.74, 6) is -0.115. The Labute approximate surface area is 179 Å². The Morgan fingerprint density at radius 1 is 1.13 bits per heavy atom. The van der Waals surface area contributed by atoms with E-state index in [1.807, 2.05) is 11.8 Å². The number of unbranched alkanes of at least 4 members (excludes halogenated alkanes) is 1. The fourth-order valence-corrected chi connectivity index (χ4v) is 4.36. The zero-order valence-electron chi connectivity index (χ0n) is 18.3. The van der Waals surface area contributed by atoms with E-state index in [4.69, 9.17) is 0 Å². The molecule has 0 radical (unpaired) electrons. The molecule has 2 aliphatic rings. The Kier molecular flexibility index (Phi) is 8.08. The summed E-state index contributed by atoms with van der Waals surface area (Å²) < 4.78 is 13.1. The molecule has 0 saturated carbocycles. The summed E-state index contributed by atoms with van der Waals surface area (Å²) in [4.78, 5) is 31.9. The summed E-state index contributed by atoms with van der Waals surface area (Å²) in [5, 5.41) is 3.01.